The van der Waals surface area contributed by atoms with Crippen molar-refractivity contribution in [3.8, 4) is 0 Å². The molecule has 1 aliphatic rings. The molecule has 3 atom stereocenters. The molecule has 0 spiro atoms. The smallest absolute Gasteiger partial charge is 0.0371 e. The van der Waals surface area contributed by atoms with Crippen LogP contribution in [-0.4, -0.2) is 5.38 Å². The lowest BCUT2D eigenvalue weighted by Crippen LogP contribution is -2.36. The molecule has 19 heavy (non-hydrogen) atoms. The minimum Gasteiger partial charge on any atom is -0.123 e. The Bertz CT molecular complexity index is 382. The molecular weight excluding hydrogens is 252 g/mol. The maximum atomic E-state index is 6.64. The summed E-state index contributed by atoms with van der Waals surface area (Å²) < 4.78 is 0. The Labute approximate surface area is 123 Å². The number of alkyl halides is 1. The molecule has 106 valence electrons. The van der Waals surface area contributed by atoms with Crippen LogP contribution in [0, 0.1) is 17.3 Å². The normalized spacial score (nSPS) is 28.3. The van der Waals surface area contributed by atoms with Gasteiger partial charge in [-0.1, -0.05) is 57.5 Å². The maximum absolute atomic E-state index is 6.64. The van der Waals surface area contributed by atoms with Crippen molar-refractivity contribution in [3.63, 3.8) is 0 Å². The van der Waals surface area contributed by atoms with Crippen LogP contribution in [0.4, 0.5) is 0 Å². The van der Waals surface area contributed by atoms with E-state index in [1.165, 1.54) is 37.7 Å². The summed E-state index contributed by atoms with van der Waals surface area (Å²) in [6.07, 6.45) is 6.25. The first-order valence-electron chi connectivity index (χ1n) is 7.67. The van der Waals surface area contributed by atoms with Gasteiger partial charge < -0.3 is 0 Å². The van der Waals surface area contributed by atoms with E-state index in [2.05, 4.69) is 51.1 Å². The Morgan fingerprint density at radius 3 is 2.47 bits per heavy atom. The number of halogens is 1. The number of hydrogen-bond acceptors (Lipinski definition) is 0. The second-order valence-electron chi connectivity index (χ2n) is 7.01. The van der Waals surface area contributed by atoms with Crippen molar-refractivity contribution in [3.05, 3.63) is 35.9 Å². The molecule has 1 aromatic carbocycles. The van der Waals surface area contributed by atoms with Gasteiger partial charge in [0.15, 0.2) is 0 Å². The standard InChI is InChI=1S/C18H27Cl/c1-14-9-10-16(17(19)13-14)18(2,3)12-11-15-7-5-4-6-8-15/h4-8,14,16-17H,9-13H2,1-3H3. The third-order valence-corrected chi connectivity index (χ3v) is 5.42. The van der Waals surface area contributed by atoms with E-state index >= 15 is 0 Å². The molecule has 0 heterocycles. The van der Waals surface area contributed by atoms with Crippen LogP contribution in [0.25, 0.3) is 0 Å². The van der Waals surface area contributed by atoms with Crippen molar-refractivity contribution >= 4 is 11.6 Å². The zero-order valence-corrected chi connectivity index (χ0v) is 13.3. The number of hydrogen-bond donors (Lipinski definition) is 0. The van der Waals surface area contributed by atoms with Crippen LogP contribution in [-0.2, 0) is 6.42 Å². The number of benzene rings is 1. The minimum absolute atomic E-state index is 0.350. The topological polar surface area (TPSA) is 0 Å². The monoisotopic (exact) mass is 278 g/mol. The largest absolute Gasteiger partial charge is 0.123 e. The van der Waals surface area contributed by atoms with Crippen molar-refractivity contribution in [2.75, 3.05) is 0 Å². The van der Waals surface area contributed by atoms with Gasteiger partial charge >= 0.3 is 0 Å². The Morgan fingerprint density at radius 1 is 1.16 bits per heavy atom. The lowest BCUT2D eigenvalue weighted by molar-refractivity contribution is 0.132. The van der Waals surface area contributed by atoms with E-state index in [0.717, 1.165) is 5.92 Å². The molecule has 0 bridgehead atoms. The lowest BCUT2D eigenvalue weighted by Gasteiger charge is -2.42. The van der Waals surface area contributed by atoms with E-state index in [1.807, 2.05) is 0 Å². The van der Waals surface area contributed by atoms with Gasteiger partial charge in [-0.15, -0.1) is 11.6 Å². The molecule has 0 radical (unpaired) electrons. The second kappa shape index (κ2) is 6.31. The summed E-state index contributed by atoms with van der Waals surface area (Å²) in [6.45, 7) is 7.15. The molecule has 1 aromatic rings. The van der Waals surface area contributed by atoms with Gasteiger partial charge in [0.25, 0.3) is 0 Å². The highest BCUT2D eigenvalue weighted by Gasteiger charge is 2.37. The molecule has 1 aliphatic carbocycles. The van der Waals surface area contributed by atoms with E-state index in [-0.39, 0.29) is 0 Å². The molecule has 1 fully saturated rings. The predicted molar refractivity (Wildman–Crippen MR) is 84.7 cm³/mol. The summed E-state index contributed by atoms with van der Waals surface area (Å²) in [7, 11) is 0. The van der Waals surface area contributed by atoms with Crippen LogP contribution >= 0.6 is 11.6 Å². The molecule has 0 aromatic heterocycles. The van der Waals surface area contributed by atoms with E-state index in [9.17, 15) is 0 Å². The molecule has 0 amide bonds. The molecule has 0 aliphatic heterocycles. The van der Waals surface area contributed by atoms with Crippen molar-refractivity contribution in [1.29, 1.82) is 0 Å². The summed E-state index contributed by atoms with van der Waals surface area (Å²) in [5.41, 5.74) is 1.80. The van der Waals surface area contributed by atoms with Crippen molar-refractivity contribution < 1.29 is 0 Å². The van der Waals surface area contributed by atoms with Gasteiger partial charge in [-0.05, 0) is 48.5 Å². The van der Waals surface area contributed by atoms with E-state index in [0.29, 0.717) is 16.7 Å². The first-order valence-corrected chi connectivity index (χ1v) is 8.10. The third-order valence-electron chi connectivity index (χ3n) is 4.94. The number of aryl methyl sites for hydroxylation is 1. The molecule has 0 saturated heterocycles. The van der Waals surface area contributed by atoms with Gasteiger partial charge in [0, 0.05) is 5.38 Å². The fourth-order valence-corrected chi connectivity index (χ4v) is 4.26. The highest BCUT2D eigenvalue weighted by molar-refractivity contribution is 6.20. The van der Waals surface area contributed by atoms with Crippen molar-refractivity contribution in [2.45, 2.75) is 58.3 Å². The average molecular weight is 279 g/mol. The molecule has 1 saturated carbocycles. The molecule has 0 nitrogen and oxygen atoms in total. The average Bonchev–Trinajstić information content (AvgIpc) is 2.37. The quantitative estimate of drug-likeness (QED) is 0.621. The Balaban J connectivity index is 1.94. The highest BCUT2D eigenvalue weighted by atomic mass is 35.5. The van der Waals surface area contributed by atoms with Crippen LogP contribution in [0.5, 0.6) is 0 Å². The third kappa shape index (κ3) is 3.99. The van der Waals surface area contributed by atoms with Crippen molar-refractivity contribution in [1.82, 2.24) is 0 Å². The minimum atomic E-state index is 0.350. The van der Waals surface area contributed by atoms with Gasteiger partial charge in [-0.2, -0.15) is 0 Å². The Morgan fingerprint density at radius 2 is 1.84 bits per heavy atom. The molecule has 0 N–H and O–H groups in total. The first-order chi connectivity index (χ1) is 8.99. The van der Waals surface area contributed by atoms with Crippen LogP contribution in [0.15, 0.2) is 30.3 Å². The zero-order valence-electron chi connectivity index (χ0n) is 12.5. The summed E-state index contributed by atoms with van der Waals surface area (Å²) in [6, 6.07) is 10.8. The fraction of sp³-hybridized carbons (Fsp3) is 0.667. The molecular formula is C18H27Cl. The van der Waals surface area contributed by atoms with Gasteiger partial charge in [0.2, 0.25) is 0 Å². The van der Waals surface area contributed by atoms with E-state index in [4.69, 9.17) is 11.6 Å². The Kier molecular flexibility index (Phi) is 4.95. The lowest BCUT2D eigenvalue weighted by atomic mass is 9.66. The van der Waals surface area contributed by atoms with Crippen LogP contribution in [0.1, 0.15) is 52.0 Å². The van der Waals surface area contributed by atoms with Gasteiger partial charge in [0.1, 0.15) is 0 Å². The van der Waals surface area contributed by atoms with Gasteiger partial charge in [-0.3, -0.25) is 0 Å². The highest BCUT2D eigenvalue weighted by Crippen LogP contribution is 2.45. The molecule has 3 unspecified atom stereocenters. The second-order valence-corrected chi connectivity index (χ2v) is 7.58. The predicted octanol–water partition coefficient (Wildman–Crippen LogP) is 5.69. The van der Waals surface area contributed by atoms with Crippen LogP contribution in [0.3, 0.4) is 0 Å². The SMILES string of the molecule is CC1CCC(C(C)(C)CCc2ccccc2)C(Cl)C1. The Hall–Kier alpha value is -0.490. The van der Waals surface area contributed by atoms with Crippen LogP contribution in [0.2, 0.25) is 0 Å². The van der Waals surface area contributed by atoms with Gasteiger partial charge in [-0.25, -0.2) is 0 Å². The summed E-state index contributed by atoms with van der Waals surface area (Å²) in [5.74, 6) is 1.48. The fourth-order valence-electron chi connectivity index (χ4n) is 3.49. The zero-order chi connectivity index (χ0) is 13.9. The molecule has 2 rings (SSSR count). The first kappa shape index (κ1) is 14.9. The summed E-state index contributed by atoms with van der Waals surface area (Å²) >= 11 is 6.64. The maximum Gasteiger partial charge on any atom is 0.0371 e. The summed E-state index contributed by atoms with van der Waals surface area (Å²) in [5, 5.41) is 0.370. The van der Waals surface area contributed by atoms with E-state index < -0.39 is 0 Å². The van der Waals surface area contributed by atoms with E-state index in [1.54, 1.807) is 0 Å². The number of rotatable bonds is 4. The van der Waals surface area contributed by atoms with Crippen molar-refractivity contribution in [2.24, 2.45) is 17.3 Å². The van der Waals surface area contributed by atoms with Crippen LogP contribution < -0.4 is 0 Å². The van der Waals surface area contributed by atoms with Gasteiger partial charge in [0.05, 0.1) is 0 Å². The summed E-state index contributed by atoms with van der Waals surface area (Å²) in [4.78, 5) is 0. The molecule has 1 heteroatoms.